The van der Waals surface area contributed by atoms with Crippen molar-refractivity contribution in [2.75, 3.05) is 26.4 Å². The third kappa shape index (κ3) is 3.53. The molecule has 2 aliphatic rings. The highest BCUT2D eigenvalue weighted by Gasteiger charge is 2.21. The molecule has 0 spiro atoms. The lowest BCUT2D eigenvalue weighted by molar-refractivity contribution is 0.0959. The van der Waals surface area contributed by atoms with Crippen LogP contribution in [0.5, 0.6) is 5.75 Å². The lowest BCUT2D eigenvalue weighted by atomic mass is 9.94. The normalized spacial score (nSPS) is 25.8. The lowest BCUT2D eigenvalue weighted by Crippen LogP contribution is -2.34. The molecule has 0 amide bonds. The second-order valence-corrected chi connectivity index (χ2v) is 5.88. The Kier molecular flexibility index (Phi) is 4.93. The molecule has 2 heterocycles. The van der Waals surface area contributed by atoms with Gasteiger partial charge in [0.05, 0.1) is 13.2 Å². The van der Waals surface area contributed by atoms with E-state index < -0.39 is 0 Å². The van der Waals surface area contributed by atoms with Gasteiger partial charge < -0.3 is 14.8 Å². The molecule has 0 bridgehead atoms. The van der Waals surface area contributed by atoms with Crippen LogP contribution in [-0.2, 0) is 4.74 Å². The monoisotopic (exact) mass is 275 g/mol. The number of piperidine rings is 1. The van der Waals surface area contributed by atoms with Crippen LogP contribution in [0.1, 0.15) is 43.6 Å². The van der Waals surface area contributed by atoms with E-state index in [0.29, 0.717) is 12.0 Å². The Bertz CT molecular complexity index is 415. The molecule has 20 heavy (non-hydrogen) atoms. The highest BCUT2D eigenvalue weighted by Crippen LogP contribution is 2.33. The van der Waals surface area contributed by atoms with E-state index in [-0.39, 0.29) is 0 Å². The van der Waals surface area contributed by atoms with Gasteiger partial charge in [-0.15, -0.1) is 0 Å². The Hall–Kier alpha value is -1.06. The molecule has 0 radical (unpaired) electrons. The number of benzene rings is 1. The molecule has 2 atom stereocenters. The van der Waals surface area contributed by atoms with Gasteiger partial charge in [-0.25, -0.2) is 0 Å². The molecular weight excluding hydrogens is 250 g/mol. The van der Waals surface area contributed by atoms with Gasteiger partial charge in [-0.2, -0.15) is 0 Å². The van der Waals surface area contributed by atoms with Crippen molar-refractivity contribution in [1.29, 1.82) is 0 Å². The van der Waals surface area contributed by atoms with E-state index in [2.05, 4.69) is 23.5 Å². The van der Waals surface area contributed by atoms with E-state index in [1.165, 1.54) is 31.4 Å². The Morgan fingerprint density at radius 3 is 3.05 bits per heavy atom. The maximum atomic E-state index is 5.94. The molecule has 3 nitrogen and oxygen atoms in total. The zero-order valence-electron chi connectivity index (χ0n) is 12.1. The first kappa shape index (κ1) is 13.9. The fourth-order valence-corrected chi connectivity index (χ4v) is 3.21. The highest BCUT2D eigenvalue weighted by atomic mass is 16.5. The fourth-order valence-electron chi connectivity index (χ4n) is 3.21. The maximum Gasteiger partial charge on any atom is 0.122 e. The van der Waals surface area contributed by atoms with Gasteiger partial charge in [-0.05, 0) is 43.9 Å². The fraction of sp³-hybridized carbons (Fsp3) is 0.647. The van der Waals surface area contributed by atoms with Crippen LogP contribution >= 0.6 is 0 Å². The number of fused-ring (bicyclic) bond motifs is 1. The van der Waals surface area contributed by atoms with E-state index in [1.807, 2.05) is 6.07 Å². The van der Waals surface area contributed by atoms with Crippen LogP contribution < -0.4 is 10.1 Å². The Morgan fingerprint density at radius 1 is 1.20 bits per heavy atom. The average Bonchev–Trinajstić information content (AvgIpc) is 2.53. The van der Waals surface area contributed by atoms with Crippen LogP contribution in [0.2, 0.25) is 0 Å². The Labute approximate surface area is 121 Å². The third-order valence-electron chi connectivity index (χ3n) is 4.42. The number of ether oxygens (including phenoxy) is 2. The van der Waals surface area contributed by atoms with Crippen LogP contribution in [0.4, 0.5) is 0 Å². The molecule has 2 unspecified atom stereocenters. The first-order chi connectivity index (χ1) is 9.93. The summed E-state index contributed by atoms with van der Waals surface area (Å²) in [6, 6.07) is 9.03. The number of rotatable bonds is 5. The summed E-state index contributed by atoms with van der Waals surface area (Å²) in [6.45, 7) is 3.69. The van der Waals surface area contributed by atoms with Gasteiger partial charge in [-0.1, -0.05) is 24.6 Å². The van der Waals surface area contributed by atoms with Gasteiger partial charge >= 0.3 is 0 Å². The maximum absolute atomic E-state index is 5.94. The molecule has 0 aromatic heterocycles. The summed E-state index contributed by atoms with van der Waals surface area (Å²) < 4.78 is 11.6. The molecule has 2 aliphatic heterocycles. The van der Waals surface area contributed by atoms with Crippen LogP contribution in [0.3, 0.4) is 0 Å². The SMILES string of the molecule is c1ccc2c(c1)OCCC2COCCC1CCCCN1. The summed E-state index contributed by atoms with van der Waals surface area (Å²) in [5.74, 6) is 1.54. The number of hydrogen-bond acceptors (Lipinski definition) is 3. The molecule has 110 valence electrons. The van der Waals surface area contributed by atoms with Crippen LogP contribution in [0, 0.1) is 0 Å². The molecule has 1 fully saturated rings. The van der Waals surface area contributed by atoms with Gasteiger partial charge in [0, 0.05) is 18.6 Å². The van der Waals surface area contributed by atoms with Gasteiger partial charge in [0.2, 0.25) is 0 Å². The summed E-state index contributed by atoms with van der Waals surface area (Å²) in [6.07, 6.45) is 6.22. The minimum atomic E-state index is 0.499. The molecule has 0 aliphatic carbocycles. The molecule has 3 heteroatoms. The first-order valence-electron chi connectivity index (χ1n) is 7.96. The molecule has 1 N–H and O–H groups in total. The van der Waals surface area contributed by atoms with Crippen molar-refractivity contribution in [1.82, 2.24) is 5.32 Å². The summed E-state index contributed by atoms with van der Waals surface area (Å²) in [4.78, 5) is 0. The number of para-hydroxylation sites is 1. The zero-order valence-corrected chi connectivity index (χ0v) is 12.1. The summed E-state index contributed by atoms with van der Waals surface area (Å²) in [5, 5.41) is 3.57. The van der Waals surface area contributed by atoms with Gasteiger partial charge in [0.1, 0.15) is 5.75 Å². The van der Waals surface area contributed by atoms with Crippen molar-refractivity contribution < 1.29 is 9.47 Å². The van der Waals surface area contributed by atoms with Crippen molar-refractivity contribution >= 4 is 0 Å². The minimum Gasteiger partial charge on any atom is -0.493 e. The van der Waals surface area contributed by atoms with Crippen molar-refractivity contribution in [2.45, 2.75) is 44.1 Å². The molecular formula is C17H25NO2. The largest absolute Gasteiger partial charge is 0.493 e. The van der Waals surface area contributed by atoms with E-state index in [4.69, 9.17) is 9.47 Å². The Morgan fingerprint density at radius 2 is 2.15 bits per heavy atom. The van der Waals surface area contributed by atoms with E-state index in [0.717, 1.165) is 38.4 Å². The van der Waals surface area contributed by atoms with Crippen molar-refractivity contribution in [3.05, 3.63) is 29.8 Å². The standard InChI is InChI=1S/C17H25NO2/c1-2-7-17-16(6-1)14(8-12-20-17)13-19-11-9-15-5-3-4-10-18-15/h1-2,6-7,14-15,18H,3-5,8-13H2. The minimum absolute atomic E-state index is 0.499. The van der Waals surface area contributed by atoms with Gasteiger partial charge in [0.15, 0.2) is 0 Å². The van der Waals surface area contributed by atoms with Crippen LogP contribution in [0.15, 0.2) is 24.3 Å². The van der Waals surface area contributed by atoms with E-state index in [9.17, 15) is 0 Å². The molecule has 0 saturated carbocycles. The molecule has 1 aromatic carbocycles. The van der Waals surface area contributed by atoms with E-state index >= 15 is 0 Å². The molecule has 1 aromatic rings. The summed E-state index contributed by atoms with van der Waals surface area (Å²) >= 11 is 0. The highest BCUT2D eigenvalue weighted by molar-refractivity contribution is 5.37. The topological polar surface area (TPSA) is 30.5 Å². The predicted octanol–water partition coefficient (Wildman–Crippen LogP) is 3.10. The average molecular weight is 275 g/mol. The molecule has 3 rings (SSSR count). The summed E-state index contributed by atoms with van der Waals surface area (Å²) in [5.41, 5.74) is 1.31. The summed E-state index contributed by atoms with van der Waals surface area (Å²) in [7, 11) is 0. The van der Waals surface area contributed by atoms with E-state index in [1.54, 1.807) is 0 Å². The predicted molar refractivity (Wildman–Crippen MR) is 80.4 cm³/mol. The van der Waals surface area contributed by atoms with Crippen molar-refractivity contribution in [3.63, 3.8) is 0 Å². The second-order valence-electron chi connectivity index (χ2n) is 5.88. The van der Waals surface area contributed by atoms with Crippen molar-refractivity contribution in [2.24, 2.45) is 0 Å². The quantitative estimate of drug-likeness (QED) is 0.838. The van der Waals surface area contributed by atoms with Crippen LogP contribution in [0.25, 0.3) is 0 Å². The van der Waals surface area contributed by atoms with Crippen molar-refractivity contribution in [3.8, 4) is 5.75 Å². The molecule has 1 saturated heterocycles. The van der Waals surface area contributed by atoms with Crippen LogP contribution in [-0.4, -0.2) is 32.4 Å². The lowest BCUT2D eigenvalue weighted by Gasteiger charge is -2.26. The van der Waals surface area contributed by atoms with Gasteiger partial charge in [-0.3, -0.25) is 0 Å². The number of hydrogen-bond donors (Lipinski definition) is 1. The third-order valence-corrected chi connectivity index (χ3v) is 4.42. The Balaban J connectivity index is 1.43. The second kappa shape index (κ2) is 7.09. The smallest absolute Gasteiger partial charge is 0.122 e. The van der Waals surface area contributed by atoms with Gasteiger partial charge in [0.25, 0.3) is 0 Å². The first-order valence-corrected chi connectivity index (χ1v) is 7.96. The zero-order chi connectivity index (χ0) is 13.6. The number of nitrogens with one attached hydrogen (secondary N) is 1.